The fraction of sp³-hybridized carbons (Fsp3) is 0.600. The Kier molecular flexibility index (Phi) is 5.68. The maximum atomic E-state index is 12.3. The maximum absolute atomic E-state index is 12.3. The summed E-state index contributed by atoms with van der Waals surface area (Å²) in [6, 6.07) is -0.139. The Hall–Kier alpha value is -2.18. The number of nitrogens with zero attached hydrogens (tertiary/aromatic N) is 3. The van der Waals surface area contributed by atoms with Gasteiger partial charge >= 0.3 is 6.03 Å². The van der Waals surface area contributed by atoms with E-state index in [1.807, 2.05) is 6.92 Å². The number of amides is 3. The Bertz CT molecular complexity index is 517. The molecule has 120 valence electrons. The number of piperidine rings is 1. The van der Waals surface area contributed by atoms with Crippen LogP contribution in [0.2, 0.25) is 0 Å². The summed E-state index contributed by atoms with van der Waals surface area (Å²) in [5, 5.41) is 5.64. The second kappa shape index (κ2) is 7.72. The number of aromatic nitrogens is 2. The molecule has 1 aromatic rings. The van der Waals surface area contributed by atoms with Gasteiger partial charge in [-0.25, -0.2) is 14.8 Å². The molecule has 1 aliphatic rings. The summed E-state index contributed by atoms with van der Waals surface area (Å²) >= 11 is 0. The smallest absolute Gasteiger partial charge is 0.321 e. The molecule has 0 aromatic carbocycles. The summed E-state index contributed by atoms with van der Waals surface area (Å²) in [6.07, 6.45) is 6.00. The van der Waals surface area contributed by atoms with Gasteiger partial charge in [0.05, 0.1) is 18.1 Å². The van der Waals surface area contributed by atoms with E-state index < -0.39 is 0 Å². The van der Waals surface area contributed by atoms with E-state index in [0.717, 1.165) is 31.6 Å². The van der Waals surface area contributed by atoms with Crippen molar-refractivity contribution >= 4 is 17.6 Å². The minimum absolute atomic E-state index is 0.0327. The van der Waals surface area contributed by atoms with Crippen LogP contribution in [0.3, 0.4) is 0 Å². The number of nitrogens with one attached hydrogen (secondary N) is 2. The fourth-order valence-electron chi connectivity index (χ4n) is 2.51. The Morgan fingerprint density at radius 2 is 2.09 bits per heavy atom. The van der Waals surface area contributed by atoms with Crippen LogP contribution in [0.5, 0.6) is 0 Å². The third kappa shape index (κ3) is 4.68. The van der Waals surface area contributed by atoms with Crippen LogP contribution in [-0.4, -0.2) is 46.4 Å². The predicted molar refractivity (Wildman–Crippen MR) is 83.4 cm³/mol. The van der Waals surface area contributed by atoms with Gasteiger partial charge in [0.25, 0.3) is 0 Å². The highest BCUT2D eigenvalue weighted by Crippen LogP contribution is 2.17. The highest BCUT2D eigenvalue weighted by atomic mass is 16.2. The van der Waals surface area contributed by atoms with E-state index in [9.17, 15) is 9.59 Å². The molecule has 7 heteroatoms. The number of hydrogen-bond donors (Lipinski definition) is 2. The van der Waals surface area contributed by atoms with Gasteiger partial charge in [-0.15, -0.1) is 0 Å². The van der Waals surface area contributed by atoms with E-state index in [2.05, 4.69) is 20.6 Å². The Labute approximate surface area is 130 Å². The SMILES string of the molecule is CCc1ncc(NC(=O)N2CCCC(CNC(C)=O)C2)cn1. The minimum Gasteiger partial charge on any atom is -0.356 e. The number of likely N-dealkylation sites (tertiary alicyclic amines) is 1. The third-order valence-electron chi connectivity index (χ3n) is 3.72. The quantitative estimate of drug-likeness (QED) is 0.880. The molecule has 2 heterocycles. The molecule has 7 nitrogen and oxygen atoms in total. The molecule has 1 unspecified atom stereocenters. The van der Waals surface area contributed by atoms with Gasteiger partial charge < -0.3 is 15.5 Å². The first kappa shape index (κ1) is 16.2. The molecule has 1 fully saturated rings. The molecule has 0 aliphatic carbocycles. The standard InChI is InChI=1S/C15H23N5O2/c1-3-14-17-8-13(9-18-14)19-15(22)20-6-4-5-12(10-20)7-16-11(2)21/h8-9,12H,3-7,10H2,1-2H3,(H,16,21)(H,19,22). The summed E-state index contributed by atoms with van der Waals surface area (Å²) < 4.78 is 0. The van der Waals surface area contributed by atoms with Crippen LogP contribution in [-0.2, 0) is 11.2 Å². The molecular weight excluding hydrogens is 282 g/mol. The van der Waals surface area contributed by atoms with Crippen LogP contribution < -0.4 is 10.6 Å². The normalized spacial score (nSPS) is 17.9. The number of aryl methyl sites for hydroxylation is 1. The van der Waals surface area contributed by atoms with Crippen molar-refractivity contribution in [2.75, 3.05) is 25.0 Å². The van der Waals surface area contributed by atoms with E-state index in [1.54, 1.807) is 17.3 Å². The Morgan fingerprint density at radius 3 is 2.73 bits per heavy atom. The molecule has 1 saturated heterocycles. The molecule has 2 rings (SSSR count). The molecule has 2 N–H and O–H groups in total. The molecular formula is C15H23N5O2. The van der Waals surface area contributed by atoms with E-state index >= 15 is 0 Å². The first-order chi connectivity index (χ1) is 10.6. The minimum atomic E-state index is -0.139. The van der Waals surface area contributed by atoms with Gasteiger partial charge in [-0.3, -0.25) is 4.79 Å². The van der Waals surface area contributed by atoms with E-state index in [0.29, 0.717) is 24.7 Å². The molecule has 0 radical (unpaired) electrons. The van der Waals surface area contributed by atoms with Gasteiger partial charge in [-0.05, 0) is 18.8 Å². The fourth-order valence-corrected chi connectivity index (χ4v) is 2.51. The maximum Gasteiger partial charge on any atom is 0.321 e. The number of anilines is 1. The monoisotopic (exact) mass is 305 g/mol. The lowest BCUT2D eigenvalue weighted by Crippen LogP contribution is -2.45. The molecule has 1 atom stereocenters. The lowest BCUT2D eigenvalue weighted by molar-refractivity contribution is -0.119. The van der Waals surface area contributed by atoms with Gasteiger partial charge in [-0.1, -0.05) is 6.92 Å². The first-order valence-corrected chi connectivity index (χ1v) is 7.69. The van der Waals surface area contributed by atoms with Crippen molar-refractivity contribution in [1.29, 1.82) is 0 Å². The van der Waals surface area contributed by atoms with Crippen molar-refractivity contribution in [3.05, 3.63) is 18.2 Å². The number of rotatable bonds is 4. The average Bonchev–Trinajstić information content (AvgIpc) is 2.54. The Morgan fingerprint density at radius 1 is 1.36 bits per heavy atom. The van der Waals surface area contributed by atoms with Crippen molar-refractivity contribution in [3.8, 4) is 0 Å². The van der Waals surface area contributed by atoms with Crippen LogP contribution >= 0.6 is 0 Å². The zero-order valence-electron chi connectivity index (χ0n) is 13.1. The van der Waals surface area contributed by atoms with Crippen LogP contribution in [0, 0.1) is 5.92 Å². The van der Waals surface area contributed by atoms with E-state index in [4.69, 9.17) is 0 Å². The first-order valence-electron chi connectivity index (χ1n) is 7.69. The number of carbonyl (C=O) groups is 2. The lowest BCUT2D eigenvalue weighted by atomic mass is 9.98. The summed E-state index contributed by atoms with van der Waals surface area (Å²) in [6.45, 7) is 5.49. The van der Waals surface area contributed by atoms with Gasteiger partial charge in [0.2, 0.25) is 5.91 Å². The molecule has 0 spiro atoms. The van der Waals surface area contributed by atoms with Gasteiger partial charge in [-0.2, -0.15) is 0 Å². The van der Waals surface area contributed by atoms with Crippen molar-refractivity contribution in [3.63, 3.8) is 0 Å². The third-order valence-corrected chi connectivity index (χ3v) is 3.72. The Balaban J connectivity index is 1.86. The second-order valence-electron chi connectivity index (χ2n) is 5.56. The van der Waals surface area contributed by atoms with E-state index in [-0.39, 0.29) is 11.9 Å². The molecule has 3 amide bonds. The number of urea groups is 1. The molecule has 1 aromatic heterocycles. The zero-order chi connectivity index (χ0) is 15.9. The summed E-state index contributed by atoms with van der Waals surface area (Å²) in [4.78, 5) is 33.4. The lowest BCUT2D eigenvalue weighted by Gasteiger charge is -2.32. The van der Waals surface area contributed by atoms with Crippen molar-refractivity contribution in [2.45, 2.75) is 33.1 Å². The van der Waals surface area contributed by atoms with Crippen LogP contribution in [0.15, 0.2) is 12.4 Å². The molecule has 1 aliphatic heterocycles. The summed E-state index contributed by atoms with van der Waals surface area (Å²) in [5.74, 6) is 1.03. The van der Waals surface area contributed by atoms with Gasteiger partial charge in [0, 0.05) is 33.0 Å². The van der Waals surface area contributed by atoms with Crippen LogP contribution in [0.25, 0.3) is 0 Å². The highest BCUT2D eigenvalue weighted by molar-refractivity contribution is 5.89. The largest absolute Gasteiger partial charge is 0.356 e. The van der Waals surface area contributed by atoms with Crippen molar-refractivity contribution in [1.82, 2.24) is 20.2 Å². The molecule has 0 saturated carbocycles. The molecule has 22 heavy (non-hydrogen) atoms. The number of hydrogen-bond acceptors (Lipinski definition) is 4. The van der Waals surface area contributed by atoms with Crippen molar-refractivity contribution in [2.24, 2.45) is 5.92 Å². The van der Waals surface area contributed by atoms with Gasteiger partial charge in [0.1, 0.15) is 5.82 Å². The summed E-state index contributed by atoms with van der Waals surface area (Å²) in [7, 11) is 0. The average molecular weight is 305 g/mol. The number of carbonyl (C=O) groups excluding carboxylic acids is 2. The van der Waals surface area contributed by atoms with Crippen LogP contribution in [0.4, 0.5) is 10.5 Å². The highest BCUT2D eigenvalue weighted by Gasteiger charge is 2.23. The van der Waals surface area contributed by atoms with Crippen molar-refractivity contribution < 1.29 is 9.59 Å². The topological polar surface area (TPSA) is 87.2 Å². The molecule has 0 bridgehead atoms. The van der Waals surface area contributed by atoms with E-state index in [1.165, 1.54) is 6.92 Å². The second-order valence-corrected chi connectivity index (χ2v) is 5.56. The van der Waals surface area contributed by atoms with Gasteiger partial charge in [0.15, 0.2) is 0 Å². The predicted octanol–water partition coefficient (Wildman–Crippen LogP) is 1.42. The zero-order valence-corrected chi connectivity index (χ0v) is 13.1. The summed E-state index contributed by atoms with van der Waals surface area (Å²) in [5.41, 5.74) is 0.603. The van der Waals surface area contributed by atoms with Crippen LogP contribution in [0.1, 0.15) is 32.5 Å².